The fourth-order valence-electron chi connectivity index (χ4n) is 8.92. The van der Waals surface area contributed by atoms with E-state index in [0.29, 0.717) is 17.8 Å². The van der Waals surface area contributed by atoms with E-state index in [4.69, 9.17) is 4.74 Å². The van der Waals surface area contributed by atoms with Crippen LogP contribution in [0.15, 0.2) is 11.6 Å². The molecule has 3 fully saturated rings. The van der Waals surface area contributed by atoms with Crippen molar-refractivity contribution in [3.63, 3.8) is 0 Å². The molecule has 0 amide bonds. The van der Waals surface area contributed by atoms with Gasteiger partial charge in [0.2, 0.25) is 0 Å². The molecular formula is C29H46O3. The molecule has 3 heteroatoms. The normalized spacial score (nSPS) is 42.0. The highest BCUT2D eigenvalue weighted by Crippen LogP contribution is 2.67. The van der Waals surface area contributed by atoms with Gasteiger partial charge in [-0.1, -0.05) is 59.5 Å². The number of fused-ring (bicyclic) bond motifs is 5. The number of ketones is 1. The molecule has 0 radical (unpaired) electrons. The molecule has 0 aromatic heterocycles. The van der Waals surface area contributed by atoms with Crippen molar-refractivity contribution >= 4 is 11.8 Å². The number of rotatable bonds is 6. The van der Waals surface area contributed by atoms with Crippen LogP contribution in [0.1, 0.15) is 106 Å². The Hall–Kier alpha value is -1.12. The van der Waals surface area contributed by atoms with Crippen LogP contribution in [0.3, 0.4) is 0 Å². The van der Waals surface area contributed by atoms with Crippen LogP contribution < -0.4 is 0 Å². The molecule has 3 nitrogen and oxygen atoms in total. The first-order valence-electron chi connectivity index (χ1n) is 13.5. The van der Waals surface area contributed by atoms with E-state index < -0.39 is 6.10 Å². The van der Waals surface area contributed by atoms with Crippen LogP contribution in [0, 0.1) is 46.3 Å². The zero-order valence-electron chi connectivity index (χ0n) is 21.4. The highest BCUT2D eigenvalue weighted by molar-refractivity contribution is 5.96. The summed E-state index contributed by atoms with van der Waals surface area (Å²) < 4.78 is 5.47. The van der Waals surface area contributed by atoms with Crippen LogP contribution in [-0.2, 0) is 14.3 Å². The summed E-state index contributed by atoms with van der Waals surface area (Å²) in [7, 11) is 0. The van der Waals surface area contributed by atoms with Crippen LogP contribution in [0.25, 0.3) is 0 Å². The van der Waals surface area contributed by atoms with Gasteiger partial charge < -0.3 is 4.74 Å². The number of carbonyl (C=O) groups excluding carboxylic acids is 2. The molecule has 0 N–H and O–H groups in total. The van der Waals surface area contributed by atoms with Gasteiger partial charge in [-0.2, -0.15) is 0 Å². The molecule has 0 spiro atoms. The van der Waals surface area contributed by atoms with Crippen LogP contribution >= 0.6 is 0 Å². The molecule has 0 unspecified atom stereocenters. The van der Waals surface area contributed by atoms with Gasteiger partial charge >= 0.3 is 5.97 Å². The van der Waals surface area contributed by atoms with Crippen molar-refractivity contribution in [2.75, 3.05) is 0 Å². The van der Waals surface area contributed by atoms with Gasteiger partial charge in [0, 0.05) is 13.3 Å². The molecule has 0 heterocycles. The Morgan fingerprint density at radius 1 is 1.09 bits per heavy atom. The van der Waals surface area contributed by atoms with Crippen LogP contribution in [0.4, 0.5) is 0 Å². The molecule has 8 atom stereocenters. The summed E-state index contributed by atoms with van der Waals surface area (Å²) in [5, 5.41) is 0. The molecule has 0 aliphatic heterocycles. The van der Waals surface area contributed by atoms with Gasteiger partial charge in [-0.3, -0.25) is 9.59 Å². The number of hydrogen-bond donors (Lipinski definition) is 0. The minimum atomic E-state index is -0.578. The summed E-state index contributed by atoms with van der Waals surface area (Å²) in [5.41, 5.74) is 1.84. The second-order valence-corrected chi connectivity index (χ2v) is 12.7. The molecule has 4 rings (SSSR count). The quantitative estimate of drug-likeness (QED) is 0.411. The maximum Gasteiger partial charge on any atom is 0.303 e. The summed E-state index contributed by atoms with van der Waals surface area (Å²) >= 11 is 0. The SMILES string of the molecule is CC(=O)O[C@@H]1C[C@]2(C)C(=CC1=O)CC[C@H]1[C@H]3CC[C@@H]([C@H](C)CCCC(C)C)[C@]3(C)CC[C@@H]12. The lowest BCUT2D eigenvalue weighted by Crippen LogP contribution is -2.53. The molecule has 4 aliphatic rings. The fraction of sp³-hybridized carbons (Fsp3) is 0.862. The fourth-order valence-corrected chi connectivity index (χ4v) is 8.92. The first kappa shape index (κ1) is 24.0. The minimum Gasteiger partial charge on any atom is -0.454 e. The highest BCUT2D eigenvalue weighted by Gasteiger charge is 2.60. The van der Waals surface area contributed by atoms with Gasteiger partial charge in [0.25, 0.3) is 0 Å². The third-order valence-electron chi connectivity index (χ3n) is 10.5. The van der Waals surface area contributed by atoms with Gasteiger partial charge in [0.05, 0.1) is 0 Å². The van der Waals surface area contributed by atoms with Crippen LogP contribution in [0.5, 0.6) is 0 Å². The van der Waals surface area contributed by atoms with Crippen molar-refractivity contribution in [2.45, 2.75) is 112 Å². The second kappa shape index (κ2) is 8.91. The van der Waals surface area contributed by atoms with Crippen LogP contribution in [-0.4, -0.2) is 17.9 Å². The van der Waals surface area contributed by atoms with Gasteiger partial charge in [0.15, 0.2) is 11.9 Å². The Morgan fingerprint density at radius 3 is 2.53 bits per heavy atom. The van der Waals surface area contributed by atoms with Crippen molar-refractivity contribution in [3.05, 3.63) is 11.6 Å². The van der Waals surface area contributed by atoms with Gasteiger partial charge in [0.1, 0.15) is 0 Å². The number of carbonyl (C=O) groups is 2. The lowest BCUT2D eigenvalue weighted by Gasteiger charge is -2.59. The summed E-state index contributed by atoms with van der Waals surface area (Å²) in [5.74, 6) is 4.38. The Morgan fingerprint density at radius 2 is 1.84 bits per heavy atom. The lowest BCUT2D eigenvalue weighted by molar-refractivity contribution is -0.156. The van der Waals surface area contributed by atoms with Gasteiger partial charge in [-0.05, 0) is 90.9 Å². The maximum atomic E-state index is 12.6. The van der Waals surface area contributed by atoms with E-state index in [-0.39, 0.29) is 17.2 Å². The summed E-state index contributed by atoms with van der Waals surface area (Å²) in [6.07, 6.45) is 13.8. The Bertz CT molecular complexity index is 766. The number of ether oxygens (including phenoxy) is 1. The smallest absolute Gasteiger partial charge is 0.303 e. The highest BCUT2D eigenvalue weighted by atomic mass is 16.5. The van der Waals surface area contributed by atoms with Crippen molar-refractivity contribution in [1.82, 2.24) is 0 Å². The third-order valence-corrected chi connectivity index (χ3v) is 10.5. The Labute approximate surface area is 196 Å². The maximum absolute atomic E-state index is 12.6. The van der Waals surface area contributed by atoms with Gasteiger partial charge in [-0.25, -0.2) is 0 Å². The van der Waals surface area contributed by atoms with E-state index in [1.54, 1.807) is 0 Å². The number of hydrogen-bond acceptors (Lipinski definition) is 3. The summed E-state index contributed by atoms with van der Waals surface area (Å²) in [6.45, 7) is 13.6. The van der Waals surface area contributed by atoms with E-state index in [0.717, 1.165) is 36.0 Å². The predicted molar refractivity (Wildman–Crippen MR) is 129 cm³/mol. The Kier molecular flexibility index (Phi) is 6.69. The largest absolute Gasteiger partial charge is 0.454 e. The average Bonchev–Trinajstić information content (AvgIpc) is 3.05. The van der Waals surface area contributed by atoms with E-state index in [9.17, 15) is 9.59 Å². The monoisotopic (exact) mass is 442 g/mol. The number of esters is 1. The van der Waals surface area contributed by atoms with E-state index >= 15 is 0 Å². The van der Waals surface area contributed by atoms with Gasteiger partial charge in [-0.15, -0.1) is 0 Å². The first-order valence-corrected chi connectivity index (χ1v) is 13.5. The van der Waals surface area contributed by atoms with E-state index in [2.05, 4.69) is 34.6 Å². The van der Waals surface area contributed by atoms with Crippen molar-refractivity contribution < 1.29 is 14.3 Å². The zero-order valence-corrected chi connectivity index (χ0v) is 21.4. The van der Waals surface area contributed by atoms with Crippen molar-refractivity contribution in [1.29, 1.82) is 0 Å². The predicted octanol–water partition coefficient (Wildman–Crippen LogP) is 7.14. The average molecular weight is 443 g/mol. The molecular weight excluding hydrogens is 396 g/mol. The zero-order chi connectivity index (χ0) is 23.3. The molecule has 0 aromatic rings. The molecule has 0 bridgehead atoms. The number of allylic oxidation sites excluding steroid dienone is 1. The standard InChI is InChI=1S/C29H46O3/c1-18(2)8-7-9-19(3)23-12-13-24-22-11-10-21-16-26(31)27(32-20(4)30)17-29(21,6)25(22)14-15-28(23,24)5/h16,18-19,22-25,27H,7-15,17H2,1-6H3/t19-,22+,23+,24-,25+,27-,28+,29-/m1/s1. The lowest BCUT2D eigenvalue weighted by atomic mass is 9.46. The topological polar surface area (TPSA) is 43.4 Å². The van der Waals surface area contributed by atoms with Crippen molar-refractivity contribution in [3.8, 4) is 0 Å². The molecule has 32 heavy (non-hydrogen) atoms. The summed E-state index contributed by atoms with van der Waals surface area (Å²) in [6, 6.07) is 0. The molecule has 180 valence electrons. The van der Waals surface area contributed by atoms with Crippen LogP contribution in [0.2, 0.25) is 0 Å². The second-order valence-electron chi connectivity index (χ2n) is 12.7. The van der Waals surface area contributed by atoms with E-state index in [1.807, 2.05) is 6.08 Å². The first-order chi connectivity index (χ1) is 15.1. The van der Waals surface area contributed by atoms with Crippen molar-refractivity contribution in [2.24, 2.45) is 46.3 Å². The molecule has 3 saturated carbocycles. The van der Waals surface area contributed by atoms with E-state index in [1.165, 1.54) is 63.9 Å². The summed E-state index contributed by atoms with van der Waals surface area (Å²) in [4.78, 5) is 24.2. The third kappa shape index (κ3) is 4.11. The minimum absolute atomic E-state index is 0.00271. The Balaban J connectivity index is 1.51. The molecule has 0 aromatic carbocycles. The molecule has 4 aliphatic carbocycles. The molecule has 0 saturated heterocycles.